The van der Waals surface area contributed by atoms with Crippen LogP contribution in [0, 0.1) is 5.92 Å². The Morgan fingerprint density at radius 2 is 1.67 bits per heavy atom. The molecular formula is C24H30N6O2S. The molecule has 0 saturated carbocycles. The van der Waals surface area contributed by atoms with Gasteiger partial charge in [-0.2, -0.15) is 0 Å². The molecule has 0 aliphatic rings. The number of anilines is 1. The Labute approximate surface area is 198 Å². The van der Waals surface area contributed by atoms with Crippen molar-refractivity contribution >= 4 is 29.4 Å². The van der Waals surface area contributed by atoms with Crippen molar-refractivity contribution < 1.29 is 9.59 Å². The van der Waals surface area contributed by atoms with Crippen LogP contribution in [0.2, 0.25) is 0 Å². The van der Waals surface area contributed by atoms with E-state index in [1.165, 1.54) is 11.8 Å². The highest BCUT2D eigenvalue weighted by atomic mass is 32.2. The molecule has 3 amide bonds. The molecule has 2 aromatic carbocycles. The van der Waals surface area contributed by atoms with Gasteiger partial charge in [-0.15, -0.1) is 10.2 Å². The average Bonchev–Trinajstić information content (AvgIpc) is 3.22. The zero-order chi connectivity index (χ0) is 24.0. The van der Waals surface area contributed by atoms with Gasteiger partial charge in [0.15, 0.2) is 11.0 Å². The van der Waals surface area contributed by atoms with Crippen LogP contribution in [-0.4, -0.2) is 45.0 Å². The van der Waals surface area contributed by atoms with E-state index < -0.39 is 17.2 Å². The molecule has 8 nitrogen and oxygen atoms in total. The highest BCUT2D eigenvalue weighted by molar-refractivity contribution is 8.00. The fraction of sp³-hybridized carbons (Fsp3) is 0.333. The minimum atomic E-state index is -0.871. The lowest BCUT2D eigenvalue weighted by atomic mass is 10.1. The number of nitrogens with one attached hydrogen (secondary N) is 1. The zero-order valence-corrected chi connectivity index (χ0v) is 20.2. The Bertz CT molecular complexity index is 1080. The highest BCUT2D eigenvalue weighted by Crippen LogP contribution is 2.33. The SMILES string of the molecule is CCN(CC)c1ccc(-c2nnc(SC(C(=O)NC(N)=O)C(C)C)n2-c2ccccc2)cc1. The molecule has 3 N–H and O–H groups in total. The van der Waals surface area contributed by atoms with E-state index in [0.717, 1.165) is 30.0 Å². The summed E-state index contributed by atoms with van der Waals surface area (Å²) in [5.41, 5.74) is 8.10. The van der Waals surface area contributed by atoms with Gasteiger partial charge in [-0.3, -0.25) is 14.7 Å². The molecular weight excluding hydrogens is 436 g/mol. The van der Waals surface area contributed by atoms with Gasteiger partial charge in [0, 0.05) is 30.0 Å². The van der Waals surface area contributed by atoms with Crippen LogP contribution in [0.25, 0.3) is 17.1 Å². The Balaban J connectivity index is 2.03. The average molecular weight is 467 g/mol. The van der Waals surface area contributed by atoms with Crippen molar-refractivity contribution in [2.24, 2.45) is 11.7 Å². The number of hydrogen-bond donors (Lipinski definition) is 2. The molecule has 9 heteroatoms. The van der Waals surface area contributed by atoms with E-state index in [2.05, 4.69) is 46.4 Å². The number of hydrogen-bond acceptors (Lipinski definition) is 6. The summed E-state index contributed by atoms with van der Waals surface area (Å²) in [6.45, 7) is 9.95. The van der Waals surface area contributed by atoms with E-state index in [0.29, 0.717) is 11.0 Å². The van der Waals surface area contributed by atoms with Gasteiger partial charge in [-0.25, -0.2) is 4.79 Å². The minimum Gasteiger partial charge on any atom is -0.372 e. The molecule has 0 aliphatic heterocycles. The number of nitrogens with zero attached hydrogens (tertiary/aromatic N) is 4. The number of urea groups is 1. The quantitative estimate of drug-likeness (QED) is 0.460. The maximum Gasteiger partial charge on any atom is 0.318 e. The monoisotopic (exact) mass is 466 g/mol. The smallest absolute Gasteiger partial charge is 0.318 e. The fourth-order valence-corrected chi connectivity index (χ4v) is 4.60. The van der Waals surface area contributed by atoms with Crippen LogP contribution >= 0.6 is 11.8 Å². The van der Waals surface area contributed by atoms with Gasteiger partial charge in [-0.05, 0) is 56.2 Å². The topological polar surface area (TPSA) is 106 Å². The third kappa shape index (κ3) is 5.73. The standard InChI is InChI=1S/C24H30N6O2S/c1-5-29(6-2)18-14-12-17(13-15-18)21-27-28-24(30(21)19-10-8-7-9-11-19)33-20(16(3)4)22(31)26-23(25)32/h7-16,20H,5-6H2,1-4H3,(H3,25,26,31,32). The summed E-state index contributed by atoms with van der Waals surface area (Å²) in [4.78, 5) is 26.1. The van der Waals surface area contributed by atoms with Crippen molar-refractivity contribution in [1.29, 1.82) is 0 Å². The van der Waals surface area contributed by atoms with Crippen molar-refractivity contribution in [3.8, 4) is 17.1 Å². The number of carbonyl (C=O) groups is 2. The maximum atomic E-state index is 12.6. The van der Waals surface area contributed by atoms with Crippen molar-refractivity contribution in [2.45, 2.75) is 38.1 Å². The molecule has 174 valence electrons. The first kappa shape index (κ1) is 24.3. The lowest BCUT2D eigenvalue weighted by molar-refractivity contribution is -0.120. The number of carbonyl (C=O) groups excluding carboxylic acids is 2. The summed E-state index contributed by atoms with van der Waals surface area (Å²) < 4.78 is 1.93. The Hall–Kier alpha value is -3.33. The molecule has 0 saturated heterocycles. The number of para-hydroxylation sites is 1. The van der Waals surface area contributed by atoms with Gasteiger partial charge in [0.1, 0.15) is 0 Å². The van der Waals surface area contributed by atoms with E-state index in [1.54, 1.807) is 0 Å². The number of imide groups is 1. The Morgan fingerprint density at radius 1 is 1.03 bits per heavy atom. The second-order valence-electron chi connectivity index (χ2n) is 7.83. The zero-order valence-electron chi connectivity index (χ0n) is 19.4. The largest absolute Gasteiger partial charge is 0.372 e. The van der Waals surface area contributed by atoms with Crippen LogP contribution in [0.3, 0.4) is 0 Å². The molecule has 0 bridgehead atoms. The van der Waals surface area contributed by atoms with E-state index in [-0.39, 0.29) is 5.92 Å². The van der Waals surface area contributed by atoms with Crippen molar-refractivity contribution in [3.05, 3.63) is 54.6 Å². The second-order valence-corrected chi connectivity index (χ2v) is 8.94. The fourth-order valence-electron chi connectivity index (χ4n) is 3.55. The lowest BCUT2D eigenvalue weighted by Crippen LogP contribution is -2.42. The van der Waals surface area contributed by atoms with Gasteiger partial charge in [0.2, 0.25) is 5.91 Å². The first-order chi connectivity index (χ1) is 15.8. The second kappa shape index (κ2) is 11.0. The van der Waals surface area contributed by atoms with Crippen LogP contribution in [0.1, 0.15) is 27.7 Å². The molecule has 0 fully saturated rings. The van der Waals surface area contributed by atoms with Gasteiger partial charge in [0.25, 0.3) is 0 Å². The van der Waals surface area contributed by atoms with Gasteiger partial charge >= 0.3 is 6.03 Å². The summed E-state index contributed by atoms with van der Waals surface area (Å²) in [5.74, 6) is 0.162. The first-order valence-corrected chi connectivity index (χ1v) is 11.9. The third-order valence-corrected chi connectivity index (χ3v) is 6.73. The van der Waals surface area contributed by atoms with Crippen LogP contribution in [0.5, 0.6) is 0 Å². The normalized spacial score (nSPS) is 11.9. The number of benzene rings is 2. The minimum absolute atomic E-state index is 0.0629. The van der Waals surface area contributed by atoms with Crippen molar-refractivity contribution in [3.63, 3.8) is 0 Å². The number of primary amides is 1. The number of nitrogens with two attached hydrogens (primary N) is 1. The van der Waals surface area contributed by atoms with Crippen LogP contribution in [0.15, 0.2) is 59.8 Å². The summed E-state index contributed by atoms with van der Waals surface area (Å²) in [5, 5.41) is 11.1. The number of aromatic nitrogens is 3. The molecule has 1 unspecified atom stereocenters. The summed E-state index contributed by atoms with van der Waals surface area (Å²) in [6.07, 6.45) is 0. The van der Waals surface area contributed by atoms with Crippen molar-refractivity contribution in [1.82, 2.24) is 20.1 Å². The number of amides is 3. The molecule has 0 aliphatic carbocycles. The third-order valence-electron chi connectivity index (χ3n) is 5.24. The van der Waals surface area contributed by atoms with Crippen LogP contribution in [0.4, 0.5) is 10.5 Å². The molecule has 0 radical (unpaired) electrons. The molecule has 33 heavy (non-hydrogen) atoms. The Morgan fingerprint density at radius 3 is 2.21 bits per heavy atom. The van der Waals surface area contributed by atoms with E-state index in [9.17, 15) is 9.59 Å². The number of thioether (sulfide) groups is 1. The maximum absolute atomic E-state index is 12.6. The van der Waals surface area contributed by atoms with Crippen molar-refractivity contribution in [2.75, 3.05) is 18.0 Å². The molecule has 1 heterocycles. The predicted molar refractivity (Wildman–Crippen MR) is 133 cm³/mol. The van der Waals surface area contributed by atoms with Gasteiger partial charge < -0.3 is 10.6 Å². The van der Waals surface area contributed by atoms with Gasteiger partial charge in [-0.1, -0.05) is 43.8 Å². The summed E-state index contributed by atoms with van der Waals surface area (Å²) in [7, 11) is 0. The number of rotatable bonds is 9. The predicted octanol–water partition coefficient (Wildman–Crippen LogP) is 4.09. The Kier molecular flexibility index (Phi) is 8.11. The van der Waals surface area contributed by atoms with E-state index >= 15 is 0 Å². The summed E-state index contributed by atoms with van der Waals surface area (Å²) >= 11 is 1.26. The van der Waals surface area contributed by atoms with Gasteiger partial charge in [0.05, 0.1) is 5.25 Å². The summed E-state index contributed by atoms with van der Waals surface area (Å²) in [6, 6.07) is 17.1. The van der Waals surface area contributed by atoms with E-state index in [4.69, 9.17) is 5.73 Å². The lowest BCUT2D eigenvalue weighted by Gasteiger charge is -2.21. The first-order valence-electron chi connectivity index (χ1n) is 11.0. The molecule has 3 rings (SSSR count). The molecule has 1 aromatic heterocycles. The van der Waals surface area contributed by atoms with Crippen LogP contribution in [-0.2, 0) is 4.79 Å². The highest BCUT2D eigenvalue weighted by Gasteiger charge is 2.28. The molecule has 0 spiro atoms. The van der Waals surface area contributed by atoms with E-state index in [1.807, 2.05) is 60.9 Å². The molecule has 1 atom stereocenters. The molecule has 3 aromatic rings. The van der Waals surface area contributed by atoms with Crippen LogP contribution < -0.4 is 16.0 Å².